The van der Waals surface area contributed by atoms with Gasteiger partial charge in [0.1, 0.15) is 0 Å². The molecule has 0 atom stereocenters. The van der Waals surface area contributed by atoms with Crippen molar-refractivity contribution in [2.45, 2.75) is 52.9 Å². The zero-order valence-corrected chi connectivity index (χ0v) is 14.0. The summed E-state index contributed by atoms with van der Waals surface area (Å²) in [6.45, 7) is 13.8. The molecule has 21 heavy (non-hydrogen) atoms. The summed E-state index contributed by atoms with van der Waals surface area (Å²) in [7, 11) is 0. The first-order valence-electron chi connectivity index (χ1n) is 8.08. The Hall–Kier alpha value is -0.870. The van der Waals surface area contributed by atoms with E-state index >= 15 is 0 Å². The van der Waals surface area contributed by atoms with Crippen LogP contribution in [0.15, 0.2) is 12.7 Å². The molecule has 0 spiro atoms. The van der Waals surface area contributed by atoms with Gasteiger partial charge < -0.3 is 14.2 Å². The van der Waals surface area contributed by atoms with Gasteiger partial charge >= 0.3 is 5.97 Å². The molecule has 1 rings (SSSR count). The van der Waals surface area contributed by atoms with Crippen LogP contribution in [0.5, 0.6) is 0 Å². The van der Waals surface area contributed by atoms with E-state index in [9.17, 15) is 4.79 Å². The van der Waals surface area contributed by atoms with Gasteiger partial charge in [0.2, 0.25) is 0 Å². The van der Waals surface area contributed by atoms with Gasteiger partial charge in [-0.15, -0.1) is 0 Å². The molecule has 4 heteroatoms. The van der Waals surface area contributed by atoms with Crippen molar-refractivity contribution in [2.24, 2.45) is 5.41 Å². The predicted molar refractivity (Wildman–Crippen MR) is 85.3 cm³/mol. The highest BCUT2D eigenvalue weighted by atomic mass is 16.5. The molecule has 0 unspecified atom stereocenters. The Labute approximate surface area is 129 Å². The van der Waals surface area contributed by atoms with E-state index in [1.165, 1.54) is 25.3 Å². The lowest BCUT2D eigenvalue weighted by Gasteiger charge is -2.40. The fourth-order valence-corrected chi connectivity index (χ4v) is 1.69. The predicted octanol–water partition coefficient (Wildman–Crippen LogP) is 3.75. The van der Waals surface area contributed by atoms with E-state index in [4.69, 9.17) is 9.47 Å². The number of carbonyl (C=O) groups is 1. The van der Waals surface area contributed by atoms with Crippen molar-refractivity contribution in [3.8, 4) is 0 Å². The summed E-state index contributed by atoms with van der Waals surface area (Å²) in [6, 6.07) is 0. The second-order valence-corrected chi connectivity index (χ2v) is 5.48. The molecule has 1 saturated heterocycles. The molecule has 1 fully saturated rings. The molecule has 1 aliphatic rings. The quantitative estimate of drug-likeness (QED) is 0.350. The first-order valence-corrected chi connectivity index (χ1v) is 8.08. The molecule has 1 heterocycles. The van der Waals surface area contributed by atoms with Crippen LogP contribution in [0.1, 0.15) is 52.9 Å². The van der Waals surface area contributed by atoms with Gasteiger partial charge in [-0.1, -0.05) is 40.2 Å². The Morgan fingerprint density at radius 3 is 2.24 bits per heavy atom. The highest BCUT2D eigenvalue weighted by Crippen LogP contribution is 2.31. The molecule has 0 N–H and O–H groups in total. The Morgan fingerprint density at radius 2 is 1.81 bits per heavy atom. The van der Waals surface area contributed by atoms with Crippen LogP contribution in [-0.2, 0) is 19.0 Å². The van der Waals surface area contributed by atoms with Crippen molar-refractivity contribution >= 4 is 5.97 Å². The van der Waals surface area contributed by atoms with Crippen molar-refractivity contribution in [3.05, 3.63) is 12.7 Å². The molecule has 0 aromatic carbocycles. The van der Waals surface area contributed by atoms with E-state index in [-0.39, 0.29) is 5.97 Å². The van der Waals surface area contributed by atoms with E-state index < -0.39 is 0 Å². The standard InChI is InChI=1S/C10H20O2.C7H12O2/c1-3-5-6-11-7-10(4-2)8-12-9-10;1-3-5-6-9-7(8)4-2/h3-9H2,1-2H3;4H,2-3,5-6H2,1H3. The minimum absolute atomic E-state index is 0.330. The van der Waals surface area contributed by atoms with Gasteiger partial charge in [-0.3, -0.25) is 0 Å². The summed E-state index contributed by atoms with van der Waals surface area (Å²) in [4.78, 5) is 10.3. The van der Waals surface area contributed by atoms with Gasteiger partial charge in [0, 0.05) is 18.1 Å². The van der Waals surface area contributed by atoms with Gasteiger partial charge in [0.25, 0.3) is 0 Å². The number of hydrogen-bond donors (Lipinski definition) is 0. The maximum absolute atomic E-state index is 10.3. The van der Waals surface area contributed by atoms with Gasteiger partial charge in [-0.25, -0.2) is 4.79 Å². The van der Waals surface area contributed by atoms with Crippen LogP contribution in [0.4, 0.5) is 0 Å². The third-order valence-corrected chi connectivity index (χ3v) is 3.53. The van der Waals surface area contributed by atoms with Crippen LogP contribution < -0.4 is 0 Å². The fraction of sp³-hybridized carbons (Fsp3) is 0.824. The summed E-state index contributed by atoms with van der Waals surface area (Å²) in [6.07, 6.45) is 6.73. The van der Waals surface area contributed by atoms with Crippen LogP contribution >= 0.6 is 0 Å². The summed E-state index contributed by atoms with van der Waals surface area (Å²) in [5.41, 5.74) is 0.369. The number of ether oxygens (including phenoxy) is 3. The molecule has 0 aromatic heterocycles. The first kappa shape index (κ1) is 20.1. The Kier molecular flexibility index (Phi) is 12.3. The second-order valence-electron chi connectivity index (χ2n) is 5.48. The third-order valence-electron chi connectivity index (χ3n) is 3.53. The molecular weight excluding hydrogens is 268 g/mol. The zero-order chi connectivity index (χ0) is 16.0. The molecular formula is C17H32O4. The van der Waals surface area contributed by atoms with E-state index in [0.717, 1.165) is 39.3 Å². The summed E-state index contributed by atoms with van der Waals surface area (Å²) >= 11 is 0. The number of hydrogen-bond acceptors (Lipinski definition) is 4. The monoisotopic (exact) mass is 300 g/mol. The lowest BCUT2D eigenvalue weighted by Crippen LogP contribution is -2.45. The van der Waals surface area contributed by atoms with Crippen LogP contribution in [0, 0.1) is 5.41 Å². The van der Waals surface area contributed by atoms with Gasteiger partial charge in [-0.2, -0.15) is 0 Å². The highest BCUT2D eigenvalue weighted by Gasteiger charge is 2.36. The molecule has 0 radical (unpaired) electrons. The molecule has 0 aromatic rings. The minimum atomic E-state index is -0.330. The molecule has 1 aliphatic heterocycles. The van der Waals surface area contributed by atoms with Crippen LogP contribution in [0.3, 0.4) is 0 Å². The summed E-state index contributed by atoms with van der Waals surface area (Å²) in [5, 5.41) is 0. The summed E-state index contributed by atoms with van der Waals surface area (Å²) < 4.78 is 15.5. The maximum atomic E-state index is 10.3. The topological polar surface area (TPSA) is 44.8 Å². The molecule has 0 saturated carbocycles. The number of unbranched alkanes of at least 4 members (excludes halogenated alkanes) is 2. The highest BCUT2D eigenvalue weighted by molar-refractivity contribution is 5.81. The molecule has 4 nitrogen and oxygen atoms in total. The number of esters is 1. The molecule has 0 aliphatic carbocycles. The van der Waals surface area contributed by atoms with Gasteiger partial charge in [0.15, 0.2) is 0 Å². The maximum Gasteiger partial charge on any atom is 0.330 e. The van der Waals surface area contributed by atoms with E-state index in [1.807, 2.05) is 6.92 Å². The van der Waals surface area contributed by atoms with E-state index in [1.54, 1.807) is 0 Å². The number of carbonyl (C=O) groups excluding carboxylic acids is 1. The Balaban J connectivity index is 0.000000400. The average Bonchev–Trinajstić information content (AvgIpc) is 2.46. The molecule has 124 valence electrons. The molecule has 0 bridgehead atoms. The SMILES string of the molecule is C=CC(=O)OCCCC.CCCCOCC1(CC)COC1. The smallest absolute Gasteiger partial charge is 0.330 e. The van der Waals surface area contributed by atoms with Crippen molar-refractivity contribution in [1.29, 1.82) is 0 Å². The zero-order valence-electron chi connectivity index (χ0n) is 14.0. The van der Waals surface area contributed by atoms with Crippen molar-refractivity contribution in [1.82, 2.24) is 0 Å². The van der Waals surface area contributed by atoms with Gasteiger partial charge in [-0.05, 0) is 19.3 Å². The average molecular weight is 300 g/mol. The Morgan fingerprint density at radius 1 is 1.19 bits per heavy atom. The number of rotatable bonds is 10. The molecule has 0 amide bonds. The van der Waals surface area contributed by atoms with Crippen molar-refractivity contribution < 1.29 is 19.0 Å². The summed E-state index contributed by atoms with van der Waals surface area (Å²) in [5.74, 6) is -0.330. The van der Waals surface area contributed by atoms with Crippen LogP contribution in [0.25, 0.3) is 0 Å². The van der Waals surface area contributed by atoms with Crippen LogP contribution in [0.2, 0.25) is 0 Å². The van der Waals surface area contributed by atoms with E-state index in [2.05, 4.69) is 25.2 Å². The normalized spacial score (nSPS) is 15.4. The largest absolute Gasteiger partial charge is 0.463 e. The van der Waals surface area contributed by atoms with Gasteiger partial charge in [0.05, 0.1) is 26.4 Å². The fourth-order valence-electron chi connectivity index (χ4n) is 1.69. The second kappa shape index (κ2) is 12.8. The third kappa shape index (κ3) is 9.64. The van der Waals surface area contributed by atoms with Crippen molar-refractivity contribution in [3.63, 3.8) is 0 Å². The van der Waals surface area contributed by atoms with Crippen LogP contribution in [-0.4, -0.2) is 39.0 Å². The first-order chi connectivity index (χ1) is 10.1. The van der Waals surface area contributed by atoms with E-state index in [0.29, 0.717) is 12.0 Å². The minimum Gasteiger partial charge on any atom is -0.463 e. The lowest BCUT2D eigenvalue weighted by atomic mass is 9.84. The Bertz CT molecular complexity index is 266. The van der Waals surface area contributed by atoms with Crippen molar-refractivity contribution in [2.75, 3.05) is 33.0 Å². The lowest BCUT2D eigenvalue weighted by molar-refractivity contribution is -0.150.